The molecule has 0 aromatic heterocycles. The number of hydrogen-bond donors (Lipinski definition) is 0. The summed E-state index contributed by atoms with van der Waals surface area (Å²) in [6, 6.07) is 0. The lowest BCUT2D eigenvalue weighted by molar-refractivity contribution is 0.534. The largest absolute Gasteiger partial charge is 0.0654 e. The van der Waals surface area contributed by atoms with E-state index < -0.39 is 0 Å². The third-order valence-corrected chi connectivity index (χ3v) is 1.74. The maximum absolute atomic E-state index is 2.29. The highest BCUT2D eigenvalue weighted by molar-refractivity contribution is 4.50. The Bertz CT molecular complexity index is 59.7. The van der Waals surface area contributed by atoms with Gasteiger partial charge < -0.3 is 0 Å². The molecule has 1 aliphatic rings. The number of rotatable bonds is 4. The highest BCUT2D eigenvalue weighted by atomic mass is 14.0. The Balaban J connectivity index is 0.000000271. The van der Waals surface area contributed by atoms with Gasteiger partial charge in [-0.1, -0.05) is 65.7 Å². The zero-order valence-electron chi connectivity index (χ0n) is 8.53. The Morgan fingerprint density at radius 1 is 1.00 bits per heavy atom. The molecule has 0 nitrogen and oxygen atoms in total. The summed E-state index contributed by atoms with van der Waals surface area (Å²) in [5, 5.41) is 0. The molecule has 1 fully saturated rings. The molecule has 0 heterocycles. The Kier molecular flexibility index (Phi) is 8.10. The standard InChI is InChI=1S/C8H18.C3H6/c1-4-5-6-7-8(2)3;1-2-3-1/h8H,4-7H2,1-3H3;1-3H2. The van der Waals surface area contributed by atoms with E-state index in [-0.39, 0.29) is 0 Å². The number of unbranched alkanes of at least 4 members (excludes halogenated alkanes) is 2. The average molecular weight is 156 g/mol. The van der Waals surface area contributed by atoms with Crippen LogP contribution in [0.15, 0.2) is 0 Å². The maximum atomic E-state index is 2.29. The van der Waals surface area contributed by atoms with E-state index in [0.29, 0.717) is 0 Å². The Morgan fingerprint density at radius 3 is 1.82 bits per heavy atom. The fraction of sp³-hybridized carbons (Fsp3) is 1.00. The van der Waals surface area contributed by atoms with Gasteiger partial charge in [-0.3, -0.25) is 0 Å². The van der Waals surface area contributed by atoms with Crippen LogP contribution in [0, 0.1) is 5.92 Å². The zero-order chi connectivity index (χ0) is 8.53. The molecule has 0 amide bonds. The van der Waals surface area contributed by atoms with Gasteiger partial charge >= 0.3 is 0 Å². The van der Waals surface area contributed by atoms with Crippen molar-refractivity contribution in [1.29, 1.82) is 0 Å². The minimum atomic E-state index is 0.904. The lowest BCUT2D eigenvalue weighted by Gasteiger charge is -2.00. The first kappa shape index (κ1) is 11.0. The van der Waals surface area contributed by atoms with E-state index in [4.69, 9.17) is 0 Å². The second-order valence-electron chi connectivity index (χ2n) is 3.95. The highest BCUT2D eigenvalue weighted by Gasteiger charge is 1.95. The minimum Gasteiger partial charge on any atom is -0.0654 e. The lowest BCUT2D eigenvalue weighted by Crippen LogP contribution is -1.85. The molecule has 0 bridgehead atoms. The normalized spacial score (nSPS) is 14.2. The molecule has 1 aliphatic carbocycles. The Hall–Kier alpha value is 0. The van der Waals surface area contributed by atoms with Crippen LogP contribution in [-0.2, 0) is 0 Å². The van der Waals surface area contributed by atoms with Crippen molar-refractivity contribution in [1.82, 2.24) is 0 Å². The van der Waals surface area contributed by atoms with Gasteiger partial charge in [-0.05, 0) is 5.92 Å². The molecular formula is C11H24. The van der Waals surface area contributed by atoms with Gasteiger partial charge in [0.15, 0.2) is 0 Å². The molecule has 0 atom stereocenters. The predicted molar refractivity (Wildman–Crippen MR) is 52.8 cm³/mol. The first-order valence-electron chi connectivity index (χ1n) is 5.27. The average Bonchev–Trinajstić information content (AvgIpc) is 2.71. The fourth-order valence-electron chi connectivity index (χ4n) is 0.803. The van der Waals surface area contributed by atoms with E-state index in [1.54, 1.807) is 0 Å². The molecule has 0 aliphatic heterocycles. The van der Waals surface area contributed by atoms with Crippen LogP contribution in [0.2, 0.25) is 0 Å². The SMILES string of the molecule is C1CC1.CCCCCC(C)C. The highest BCUT2D eigenvalue weighted by Crippen LogP contribution is 2.14. The van der Waals surface area contributed by atoms with Crippen molar-refractivity contribution in [3.8, 4) is 0 Å². The summed E-state index contributed by atoms with van der Waals surface area (Å²) < 4.78 is 0. The predicted octanol–water partition coefficient (Wildman–Crippen LogP) is 4.39. The van der Waals surface area contributed by atoms with Crippen LogP contribution in [-0.4, -0.2) is 0 Å². The van der Waals surface area contributed by atoms with Gasteiger partial charge in [0.05, 0.1) is 0 Å². The molecule has 68 valence electrons. The van der Waals surface area contributed by atoms with E-state index in [0.717, 1.165) is 5.92 Å². The summed E-state index contributed by atoms with van der Waals surface area (Å²) in [6.07, 6.45) is 10.1. The molecule has 0 unspecified atom stereocenters. The summed E-state index contributed by atoms with van der Waals surface area (Å²) >= 11 is 0. The molecule has 0 heteroatoms. The molecule has 0 spiro atoms. The van der Waals surface area contributed by atoms with Crippen molar-refractivity contribution in [2.45, 2.75) is 65.7 Å². The first-order valence-corrected chi connectivity index (χ1v) is 5.27. The van der Waals surface area contributed by atoms with Crippen LogP contribution in [0.1, 0.15) is 65.7 Å². The van der Waals surface area contributed by atoms with Crippen LogP contribution in [0.4, 0.5) is 0 Å². The van der Waals surface area contributed by atoms with Gasteiger partial charge in [0.25, 0.3) is 0 Å². The summed E-state index contributed by atoms with van der Waals surface area (Å²) in [6.45, 7) is 6.83. The van der Waals surface area contributed by atoms with Crippen LogP contribution in [0.25, 0.3) is 0 Å². The minimum absolute atomic E-state index is 0.904. The first-order chi connectivity index (χ1) is 5.27. The molecule has 0 N–H and O–H groups in total. The smallest absolute Gasteiger partial charge is 0.0471 e. The lowest BCUT2D eigenvalue weighted by atomic mass is 10.1. The van der Waals surface area contributed by atoms with Gasteiger partial charge in [0.2, 0.25) is 0 Å². The second kappa shape index (κ2) is 8.10. The molecule has 0 aromatic carbocycles. The second-order valence-corrected chi connectivity index (χ2v) is 3.95. The van der Waals surface area contributed by atoms with Gasteiger partial charge in [-0.15, -0.1) is 0 Å². The van der Waals surface area contributed by atoms with Gasteiger partial charge in [-0.2, -0.15) is 0 Å². The van der Waals surface area contributed by atoms with Crippen molar-refractivity contribution in [3.63, 3.8) is 0 Å². The topological polar surface area (TPSA) is 0 Å². The summed E-state index contributed by atoms with van der Waals surface area (Å²) in [7, 11) is 0. The monoisotopic (exact) mass is 156 g/mol. The van der Waals surface area contributed by atoms with E-state index in [1.165, 1.54) is 44.9 Å². The number of hydrogen-bond acceptors (Lipinski definition) is 0. The van der Waals surface area contributed by atoms with Crippen molar-refractivity contribution in [2.24, 2.45) is 5.92 Å². The molecule has 1 saturated carbocycles. The van der Waals surface area contributed by atoms with Gasteiger partial charge in [-0.25, -0.2) is 0 Å². The van der Waals surface area contributed by atoms with Gasteiger partial charge in [0.1, 0.15) is 0 Å². The third kappa shape index (κ3) is 17.8. The van der Waals surface area contributed by atoms with E-state index in [2.05, 4.69) is 20.8 Å². The Labute approximate surface area is 72.4 Å². The summed E-state index contributed by atoms with van der Waals surface area (Å²) in [5.41, 5.74) is 0. The summed E-state index contributed by atoms with van der Waals surface area (Å²) in [5.74, 6) is 0.904. The Morgan fingerprint density at radius 2 is 1.55 bits per heavy atom. The van der Waals surface area contributed by atoms with Crippen LogP contribution < -0.4 is 0 Å². The molecule has 1 rings (SSSR count). The van der Waals surface area contributed by atoms with Crippen LogP contribution in [0.5, 0.6) is 0 Å². The van der Waals surface area contributed by atoms with Crippen molar-refractivity contribution in [2.75, 3.05) is 0 Å². The van der Waals surface area contributed by atoms with E-state index in [1.807, 2.05) is 0 Å². The third-order valence-electron chi connectivity index (χ3n) is 1.74. The molecular weight excluding hydrogens is 132 g/mol. The molecule has 0 radical (unpaired) electrons. The van der Waals surface area contributed by atoms with Crippen LogP contribution in [0.3, 0.4) is 0 Å². The quantitative estimate of drug-likeness (QED) is 0.529. The van der Waals surface area contributed by atoms with Crippen molar-refractivity contribution in [3.05, 3.63) is 0 Å². The molecule has 0 saturated heterocycles. The zero-order valence-corrected chi connectivity index (χ0v) is 8.53. The van der Waals surface area contributed by atoms with E-state index >= 15 is 0 Å². The summed E-state index contributed by atoms with van der Waals surface area (Å²) in [4.78, 5) is 0. The van der Waals surface area contributed by atoms with Crippen molar-refractivity contribution < 1.29 is 0 Å². The maximum Gasteiger partial charge on any atom is -0.0471 e. The van der Waals surface area contributed by atoms with Crippen LogP contribution >= 0.6 is 0 Å². The molecule has 11 heavy (non-hydrogen) atoms. The molecule has 0 aromatic rings. The van der Waals surface area contributed by atoms with Gasteiger partial charge in [0, 0.05) is 0 Å². The fourth-order valence-corrected chi connectivity index (χ4v) is 0.803. The van der Waals surface area contributed by atoms with E-state index in [9.17, 15) is 0 Å². The van der Waals surface area contributed by atoms with Crippen molar-refractivity contribution >= 4 is 0 Å².